The average molecular weight is 428 g/mol. The van der Waals surface area contributed by atoms with Gasteiger partial charge in [-0.25, -0.2) is 10.3 Å². The summed E-state index contributed by atoms with van der Waals surface area (Å²) in [5, 5.41) is 22.0. The molecule has 5 N–H and O–H groups in total. The van der Waals surface area contributed by atoms with E-state index in [4.69, 9.17) is 10.9 Å². The summed E-state index contributed by atoms with van der Waals surface area (Å²) in [6.07, 6.45) is 0. The number of non-ortho nitro benzene ring substituents is 1. The Morgan fingerprint density at radius 2 is 1.81 bits per heavy atom. The van der Waals surface area contributed by atoms with Gasteiger partial charge >= 0.3 is 6.03 Å². The van der Waals surface area contributed by atoms with Crippen LogP contribution in [0.1, 0.15) is 19.4 Å². The lowest BCUT2D eigenvalue weighted by Crippen LogP contribution is -2.64. The number of nitrogens with zero attached hydrogens (tertiary/aromatic N) is 3. The predicted molar refractivity (Wildman–Crippen MR) is 111 cm³/mol. The molecule has 1 saturated heterocycles. The lowest BCUT2D eigenvalue weighted by Gasteiger charge is -2.35. The van der Waals surface area contributed by atoms with E-state index >= 15 is 0 Å². The Kier molecular flexibility index (Phi) is 7.80. The van der Waals surface area contributed by atoms with Crippen LogP contribution in [0.5, 0.6) is 0 Å². The van der Waals surface area contributed by atoms with Crippen molar-refractivity contribution >= 4 is 17.6 Å². The summed E-state index contributed by atoms with van der Waals surface area (Å²) in [4.78, 5) is 37.7. The number of nitrogens with one attached hydrogen (secondary N) is 2. The molecule has 11 nitrogen and oxygen atoms in total. The average Bonchev–Trinajstić information content (AvgIpc) is 2.74. The highest BCUT2D eigenvalue weighted by molar-refractivity contribution is 5.87. The summed E-state index contributed by atoms with van der Waals surface area (Å²) >= 11 is 0. The first-order valence-corrected chi connectivity index (χ1v) is 9.41. The van der Waals surface area contributed by atoms with Crippen molar-refractivity contribution in [3.05, 3.63) is 39.9 Å². The van der Waals surface area contributed by atoms with E-state index in [1.165, 1.54) is 22.5 Å². The number of hydrogen-bond acceptors (Lipinski definition) is 7. The number of nitro groups is 1. The van der Waals surface area contributed by atoms with Crippen molar-refractivity contribution in [2.24, 2.45) is 5.73 Å². The zero-order valence-electron chi connectivity index (χ0n) is 17.2. The van der Waals surface area contributed by atoms with Gasteiger partial charge in [-0.2, -0.15) is 0 Å². The first-order chi connectivity index (χ1) is 14.6. The number of hydrogen-bond donors (Lipinski definition) is 4. The Morgan fingerprint density at radius 3 is 2.32 bits per heavy atom. The molecule has 3 amide bonds. The first-order valence-electron chi connectivity index (χ1n) is 9.41. The summed E-state index contributed by atoms with van der Waals surface area (Å²) in [5.74, 6) is 7.44. The van der Waals surface area contributed by atoms with Gasteiger partial charge in [0.15, 0.2) is 0 Å². The second-order valence-corrected chi connectivity index (χ2v) is 7.44. The van der Waals surface area contributed by atoms with Crippen LogP contribution in [-0.2, 0) is 4.79 Å². The van der Waals surface area contributed by atoms with Gasteiger partial charge in [-0.05, 0) is 31.9 Å². The molecule has 0 spiro atoms. The highest BCUT2D eigenvalue weighted by atomic mass is 16.6. The van der Waals surface area contributed by atoms with Gasteiger partial charge in [0.1, 0.15) is 6.04 Å². The number of amides is 3. The lowest BCUT2D eigenvalue weighted by molar-refractivity contribution is -0.384. The maximum Gasteiger partial charge on any atom is 0.318 e. The quantitative estimate of drug-likeness (QED) is 0.225. The van der Waals surface area contributed by atoms with Crippen LogP contribution in [0.4, 0.5) is 10.5 Å². The van der Waals surface area contributed by atoms with Crippen molar-refractivity contribution in [1.29, 1.82) is 0 Å². The van der Waals surface area contributed by atoms with Crippen molar-refractivity contribution in [3.63, 3.8) is 0 Å². The molecule has 0 bridgehead atoms. The molecular formula is C20H24N6O5. The van der Waals surface area contributed by atoms with Crippen molar-refractivity contribution in [2.45, 2.75) is 25.4 Å². The summed E-state index contributed by atoms with van der Waals surface area (Å²) in [6, 6.07) is 7.20. The summed E-state index contributed by atoms with van der Waals surface area (Å²) in [7, 11) is 0. The highest BCUT2D eigenvalue weighted by Gasteiger charge is 2.34. The third kappa shape index (κ3) is 6.89. The molecule has 11 heteroatoms. The van der Waals surface area contributed by atoms with Gasteiger partial charge in [-0.3, -0.25) is 20.1 Å². The number of hydroxylamine groups is 1. The van der Waals surface area contributed by atoms with E-state index < -0.39 is 28.4 Å². The zero-order chi connectivity index (χ0) is 23.0. The van der Waals surface area contributed by atoms with Crippen LogP contribution in [0, 0.1) is 33.9 Å². The minimum atomic E-state index is -1.10. The molecule has 0 aromatic heterocycles. The molecule has 1 aromatic rings. The standard InChI is InChI=1S/C20H24N6O5/c1-20(2,21)17(18(27)23-29)22-19(28)25-13-11-24(12-14-25)10-4-3-5-15-6-8-16(9-7-15)26(30)31/h6-9,17,29H,11-14,21H2,1-2H3,(H,22,28)(H,23,27)/t17-/m1/s1. The van der Waals surface area contributed by atoms with E-state index in [9.17, 15) is 19.7 Å². The number of nitro benzene ring substituents is 1. The molecule has 0 unspecified atom stereocenters. The Hall–Kier alpha value is -3.80. The van der Waals surface area contributed by atoms with Crippen molar-refractivity contribution in [2.75, 3.05) is 26.2 Å². The molecule has 1 atom stereocenters. The molecule has 0 radical (unpaired) electrons. The number of rotatable bonds is 4. The second kappa shape index (κ2) is 10.3. The fourth-order valence-electron chi connectivity index (χ4n) is 2.77. The largest absolute Gasteiger partial charge is 0.328 e. The van der Waals surface area contributed by atoms with Crippen LogP contribution in [0.25, 0.3) is 0 Å². The molecule has 164 valence electrons. The minimum Gasteiger partial charge on any atom is -0.328 e. The van der Waals surface area contributed by atoms with Gasteiger partial charge in [0.05, 0.1) is 4.92 Å². The van der Waals surface area contributed by atoms with Crippen LogP contribution in [0.2, 0.25) is 0 Å². The summed E-state index contributed by atoms with van der Waals surface area (Å²) in [6.45, 7) is 4.88. The molecule has 0 aliphatic carbocycles. The number of urea groups is 1. The molecular weight excluding hydrogens is 404 g/mol. The van der Waals surface area contributed by atoms with Gasteiger partial charge in [0.2, 0.25) is 0 Å². The Balaban J connectivity index is 1.87. The normalized spacial score (nSPS) is 14.3. The number of carbonyl (C=O) groups is 2. The van der Waals surface area contributed by atoms with Crippen molar-refractivity contribution < 1.29 is 19.7 Å². The Labute approximate surface area is 179 Å². The third-order valence-corrected chi connectivity index (χ3v) is 4.51. The number of nitrogens with two attached hydrogens (primary N) is 1. The molecule has 1 aliphatic rings. The van der Waals surface area contributed by atoms with Gasteiger partial charge in [0, 0.05) is 61.4 Å². The minimum absolute atomic E-state index is 0.00289. The molecule has 1 aromatic carbocycles. The molecule has 2 rings (SSSR count). The molecule has 1 heterocycles. The maximum absolute atomic E-state index is 12.4. The number of carbonyl (C=O) groups excluding carboxylic acids is 2. The maximum atomic E-state index is 12.4. The molecule has 31 heavy (non-hydrogen) atoms. The summed E-state index contributed by atoms with van der Waals surface area (Å²) in [5.41, 5.74) is 6.97. The van der Waals surface area contributed by atoms with E-state index in [-0.39, 0.29) is 5.69 Å². The Bertz CT molecular complexity index is 941. The smallest absolute Gasteiger partial charge is 0.318 e. The topological polar surface area (TPSA) is 154 Å². The molecule has 1 aliphatic heterocycles. The van der Waals surface area contributed by atoms with Crippen LogP contribution < -0.4 is 16.5 Å². The molecule has 0 saturated carbocycles. The van der Waals surface area contributed by atoms with E-state index in [1.54, 1.807) is 26.0 Å². The van der Waals surface area contributed by atoms with Gasteiger partial charge in [-0.1, -0.05) is 5.92 Å². The third-order valence-electron chi connectivity index (χ3n) is 4.51. The number of piperazine rings is 1. The predicted octanol–water partition coefficient (Wildman–Crippen LogP) is -0.154. The Morgan fingerprint density at radius 1 is 1.19 bits per heavy atom. The van der Waals surface area contributed by atoms with Crippen LogP contribution >= 0.6 is 0 Å². The SMILES string of the molecule is CC(C)(N)[C@H](NC(=O)N1CCN(C#CC#Cc2ccc([N+](=O)[O-])cc2)CC1)C(=O)NO. The fourth-order valence-corrected chi connectivity index (χ4v) is 2.77. The van der Waals surface area contributed by atoms with Gasteiger partial charge in [0.25, 0.3) is 11.6 Å². The first kappa shape index (κ1) is 23.5. The van der Waals surface area contributed by atoms with E-state index in [0.29, 0.717) is 31.7 Å². The monoisotopic (exact) mass is 428 g/mol. The van der Waals surface area contributed by atoms with E-state index in [1.807, 2.05) is 4.90 Å². The van der Waals surface area contributed by atoms with E-state index in [2.05, 4.69) is 29.1 Å². The van der Waals surface area contributed by atoms with Crippen LogP contribution in [0.15, 0.2) is 24.3 Å². The molecule has 1 fully saturated rings. The van der Waals surface area contributed by atoms with Crippen LogP contribution in [0.3, 0.4) is 0 Å². The number of benzene rings is 1. The van der Waals surface area contributed by atoms with Crippen molar-refractivity contribution in [3.8, 4) is 23.8 Å². The van der Waals surface area contributed by atoms with Crippen molar-refractivity contribution in [1.82, 2.24) is 20.6 Å². The fraction of sp³-hybridized carbons (Fsp3) is 0.400. The zero-order valence-corrected chi connectivity index (χ0v) is 17.2. The second-order valence-electron chi connectivity index (χ2n) is 7.44. The lowest BCUT2D eigenvalue weighted by atomic mass is 9.95. The summed E-state index contributed by atoms with van der Waals surface area (Å²) < 4.78 is 0. The van der Waals surface area contributed by atoms with Crippen LogP contribution in [-0.4, -0.2) is 69.6 Å². The van der Waals surface area contributed by atoms with Gasteiger partial charge < -0.3 is 20.9 Å². The van der Waals surface area contributed by atoms with Gasteiger partial charge in [-0.15, -0.1) is 0 Å². The van der Waals surface area contributed by atoms with E-state index in [0.717, 1.165) is 0 Å². The highest BCUT2D eigenvalue weighted by Crippen LogP contribution is 2.11.